The van der Waals surface area contributed by atoms with Gasteiger partial charge in [-0.05, 0) is 55.3 Å². The Bertz CT molecular complexity index is 1070. The predicted molar refractivity (Wildman–Crippen MR) is 112 cm³/mol. The number of ether oxygens (including phenoxy) is 2. The molecule has 0 fully saturated rings. The summed E-state index contributed by atoms with van der Waals surface area (Å²) in [6.07, 6.45) is 0.900. The van der Waals surface area contributed by atoms with Gasteiger partial charge in [0.05, 0.1) is 24.3 Å². The Hall–Kier alpha value is -3.13. The molecule has 8 heteroatoms. The van der Waals surface area contributed by atoms with Crippen LogP contribution >= 0.6 is 0 Å². The Morgan fingerprint density at radius 3 is 2.34 bits per heavy atom. The number of benzene rings is 2. The Labute approximate surface area is 170 Å². The minimum atomic E-state index is -3.70. The summed E-state index contributed by atoms with van der Waals surface area (Å²) in [6, 6.07) is 15.3. The normalized spacial score (nSPS) is 11.1. The molecule has 0 radical (unpaired) electrons. The molecule has 2 aromatic carbocycles. The van der Waals surface area contributed by atoms with Gasteiger partial charge >= 0.3 is 0 Å². The highest BCUT2D eigenvalue weighted by Gasteiger charge is 2.16. The fraction of sp³-hybridized carbons (Fsp3) is 0.238. The van der Waals surface area contributed by atoms with Crippen LogP contribution in [-0.2, 0) is 10.0 Å². The van der Waals surface area contributed by atoms with Gasteiger partial charge in [-0.15, -0.1) is 10.2 Å². The average molecular weight is 413 g/mol. The summed E-state index contributed by atoms with van der Waals surface area (Å²) < 4.78 is 38.5. The molecular formula is C21H23N3O4S. The lowest BCUT2D eigenvalue weighted by molar-refractivity contribution is 0.302. The van der Waals surface area contributed by atoms with Crippen molar-refractivity contribution < 1.29 is 17.9 Å². The molecule has 29 heavy (non-hydrogen) atoms. The number of hydrogen-bond acceptors (Lipinski definition) is 6. The number of rotatable bonds is 8. The van der Waals surface area contributed by atoms with Crippen molar-refractivity contribution in [1.82, 2.24) is 10.2 Å². The van der Waals surface area contributed by atoms with Gasteiger partial charge in [0, 0.05) is 17.3 Å². The summed E-state index contributed by atoms with van der Waals surface area (Å²) in [5.74, 6) is 1.12. The fourth-order valence-electron chi connectivity index (χ4n) is 2.70. The zero-order valence-electron chi connectivity index (χ0n) is 16.5. The molecule has 1 aromatic heterocycles. The van der Waals surface area contributed by atoms with Crippen molar-refractivity contribution in [3.63, 3.8) is 0 Å². The zero-order chi connectivity index (χ0) is 20.9. The van der Waals surface area contributed by atoms with E-state index in [9.17, 15) is 8.42 Å². The number of aryl methyl sites for hydroxylation is 1. The van der Waals surface area contributed by atoms with Crippen molar-refractivity contribution in [2.24, 2.45) is 0 Å². The van der Waals surface area contributed by atoms with Gasteiger partial charge in [-0.3, -0.25) is 4.72 Å². The van der Waals surface area contributed by atoms with Gasteiger partial charge in [-0.1, -0.05) is 19.1 Å². The lowest BCUT2D eigenvalue weighted by Crippen LogP contribution is -2.13. The molecule has 3 aromatic rings. The maximum Gasteiger partial charge on any atom is 0.261 e. The third-order valence-corrected chi connectivity index (χ3v) is 5.58. The van der Waals surface area contributed by atoms with Gasteiger partial charge in [0.15, 0.2) is 0 Å². The van der Waals surface area contributed by atoms with Crippen LogP contribution in [-0.4, -0.2) is 32.3 Å². The largest absolute Gasteiger partial charge is 0.496 e. The lowest BCUT2D eigenvalue weighted by atomic mass is 10.1. The highest BCUT2D eigenvalue weighted by atomic mass is 32.2. The molecule has 7 nitrogen and oxygen atoms in total. The molecule has 0 amide bonds. The van der Waals surface area contributed by atoms with E-state index < -0.39 is 10.0 Å². The van der Waals surface area contributed by atoms with Crippen molar-refractivity contribution in [2.75, 3.05) is 18.4 Å². The summed E-state index contributed by atoms with van der Waals surface area (Å²) in [5, 5.41) is 8.20. The van der Waals surface area contributed by atoms with Crippen LogP contribution < -0.4 is 14.2 Å². The number of aromatic nitrogens is 2. The summed E-state index contributed by atoms with van der Waals surface area (Å²) >= 11 is 0. The standard InChI is InChI=1S/C21H23N3O4S/c1-4-13-28-21-12-10-19(22-23-21)16-5-7-17(8-6-16)24-29(25,26)18-9-11-20(27-3)15(2)14-18/h5-12,14,24H,4,13H2,1-3H3. The van der Waals surface area contributed by atoms with Crippen LogP contribution in [0.5, 0.6) is 11.6 Å². The molecule has 0 spiro atoms. The van der Waals surface area contributed by atoms with Crippen LogP contribution in [0.25, 0.3) is 11.3 Å². The van der Waals surface area contributed by atoms with Crippen molar-refractivity contribution in [3.8, 4) is 22.9 Å². The SMILES string of the molecule is CCCOc1ccc(-c2ccc(NS(=O)(=O)c3ccc(OC)c(C)c3)cc2)nn1. The van der Waals surface area contributed by atoms with Crippen molar-refractivity contribution in [1.29, 1.82) is 0 Å². The molecule has 3 rings (SSSR count). The van der Waals surface area contributed by atoms with E-state index in [0.29, 0.717) is 29.6 Å². The predicted octanol–water partition coefficient (Wildman–Crippen LogP) is 4.05. The number of hydrogen-bond donors (Lipinski definition) is 1. The van der Waals surface area contributed by atoms with E-state index in [1.807, 2.05) is 13.0 Å². The molecular weight excluding hydrogens is 390 g/mol. The lowest BCUT2D eigenvalue weighted by Gasteiger charge is -2.11. The minimum Gasteiger partial charge on any atom is -0.496 e. The van der Waals surface area contributed by atoms with Crippen LogP contribution in [0.4, 0.5) is 5.69 Å². The van der Waals surface area contributed by atoms with E-state index in [2.05, 4.69) is 14.9 Å². The maximum atomic E-state index is 12.6. The van der Waals surface area contributed by atoms with E-state index in [0.717, 1.165) is 17.5 Å². The van der Waals surface area contributed by atoms with Crippen LogP contribution in [0.15, 0.2) is 59.5 Å². The highest BCUT2D eigenvalue weighted by Crippen LogP contribution is 2.25. The smallest absolute Gasteiger partial charge is 0.261 e. The van der Waals surface area contributed by atoms with E-state index >= 15 is 0 Å². The van der Waals surface area contributed by atoms with Crippen LogP contribution in [0.2, 0.25) is 0 Å². The van der Waals surface area contributed by atoms with Crippen LogP contribution in [0, 0.1) is 6.92 Å². The number of anilines is 1. The van der Waals surface area contributed by atoms with Gasteiger partial charge in [-0.2, -0.15) is 0 Å². The second-order valence-electron chi connectivity index (χ2n) is 6.42. The molecule has 0 aliphatic heterocycles. The highest BCUT2D eigenvalue weighted by molar-refractivity contribution is 7.92. The summed E-state index contributed by atoms with van der Waals surface area (Å²) in [6.45, 7) is 4.41. The van der Waals surface area contributed by atoms with Crippen molar-refractivity contribution >= 4 is 15.7 Å². The first kappa shape index (κ1) is 20.6. The summed E-state index contributed by atoms with van der Waals surface area (Å²) in [5.41, 5.74) is 2.70. The number of nitrogens with zero attached hydrogens (tertiary/aromatic N) is 2. The first-order chi connectivity index (χ1) is 13.9. The van der Waals surface area contributed by atoms with E-state index in [1.54, 1.807) is 56.5 Å². The second-order valence-corrected chi connectivity index (χ2v) is 8.10. The fourth-order valence-corrected chi connectivity index (χ4v) is 3.84. The van der Waals surface area contributed by atoms with Gasteiger partial charge in [0.2, 0.25) is 5.88 Å². The van der Waals surface area contributed by atoms with Crippen LogP contribution in [0.3, 0.4) is 0 Å². The molecule has 1 heterocycles. The topological polar surface area (TPSA) is 90.4 Å². The summed E-state index contributed by atoms with van der Waals surface area (Å²) in [4.78, 5) is 0.174. The van der Waals surface area contributed by atoms with Gasteiger partial charge in [0.1, 0.15) is 5.75 Å². The van der Waals surface area contributed by atoms with Crippen molar-refractivity contribution in [2.45, 2.75) is 25.2 Å². The van der Waals surface area contributed by atoms with Gasteiger partial charge < -0.3 is 9.47 Å². The number of methoxy groups -OCH3 is 1. The molecule has 0 saturated carbocycles. The molecule has 1 N–H and O–H groups in total. The molecule has 0 saturated heterocycles. The third kappa shape index (κ3) is 5.03. The Kier molecular flexibility index (Phi) is 6.33. The van der Waals surface area contributed by atoms with Crippen LogP contribution in [0.1, 0.15) is 18.9 Å². The molecule has 0 bridgehead atoms. The number of sulfonamides is 1. The van der Waals surface area contributed by atoms with E-state index in [1.165, 1.54) is 6.07 Å². The van der Waals surface area contributed by atoms with E-state index in [-0.39, 0.29) is 4.90 Å². The molecule has 152 valence electrons. The molecule has 0 aliphatic carbocycles. The third-order valence-electron chi connectivity index (χ3n) is 4.20. The first-order valence-corrected chi connectivity index (χ1v) is 10.7. The summed E-state index contributed by atoms with van der Waals surface area (Å²) in [7, 11) is -2.15. The van der Waals surface area contributed by atoms with Gasteiger partial charge in [-0.25, -0.2) is 8.42 Å². The molecule has 0 atom stereocenters. The quantitative estimate of drug-likeness (QED) is 0.599. The second kappa shape index (κ2) is 8.91. The monoisotopic (exact) mass is 413 g/mol. The molecule has 0 unspecified atom stereocenters. The Balaban J connectivity index is 1.73. The number of nitrogens with one attached hydrogen (secondary N) is 1. The molecule has 0 aliphatic rings. The Morgan fingerprint density at radius 2 is 1.76 bits per heavy atom. The Morgan fingerprint density at radius 1 is 1.00 bits per heavy atom. The maximum absolute atomic E-state index is 12.6. The zero-order valence-corrected chi connectivity index (χ0v) is 17.4. The van der Waals surface area contributed by atoms with E-state index in [4.69, 9.17) is 9.47 Å². The minimum absolute atomic E-state index is 0.174. The average Bonchev–Trinajstić information content (AvgIpc) is 2.73. The van der Waals surface area contributed by atoms with Gasteiger partial charge in [0.25, 0.3) is 10.0 Å². The first-order valence-electron chi connectivity index (χ1n) is 9.17. The van der Waals surface area contributed by atoms with Crippen molar-refractivity contribution in [3.05, 3.63) is 60.2 Å².